The van der Waals surface area contributed by atoms with Gasteiger partial charge in [-0.3, -0.25) is 0 Å². The van der Waals surface area contributed by atoms with E-state index in [0.29, 0.717) is 17.4 Å². The van der Waals surface area contributed by atoms with Crippen molar-refractivity contribution < 1.29 is 13.2 Å². The fourth-order valence-electron chi connectivity index (χ4n) is 3.36. The average Bonchev–Trinajstić information content (AvgIpc) is 2.34. The van der Waals surface area contributed by atoms with Crippen molar-refractivity contribution in [2.45, 2.75) is 44.1 Å². The highest BCUT2D eigenvalue weighted by Gasteiger charge is 2.36. The number of nitrogens with one attached hydrogen (secondary N) is 1. The summed E-state index contributed by atoms with van der Waals surface area (Å²) >= 11 is 0. The molecule has 0 saturated carbocycles. The predicted molar refractivity (Wildman–Crippen MR) is 72.5 cm³/mol. The molecule has 18 heavy (non-hydrogen) atoms. The Morgan fingerprint density at radius 1 is 1.28 bits per heavy atom. The first-order valence-electron chi connectivity index (χ1n) is 7.00. The van der Waals surface area contributed by atoms with Crippen LogP contribution in [0.25, 0.3) is 0 Å². The first-order chi connectivity index (χ1) is 8.55. The molecule has 0 aromatic rings. The van der Waals surface area contributed by atoms with Crippen molar-refractivity contribution in [2.75, 3.05) is 31.8 Å². The summed E-state index contributed by atoms with van der Waals surface area (Å²) in [6.45, 7) is 1.81. The predicted octanol–water partition coefficient (Wildman–Crippen LogP) is 1.36. The van der Waals surface area contributed by atoms with Gasteiger partial charge in [-0.05, 0) is 44.6 Å². The lowest BCUT2D eigenvalue weighted by Gasteiger charge is -2.41. The molecule has 2 fully saturated rings. The number of methoxy groups -OCH3 is 1. The summed E-state index contributed by atoms with van der Waals surface area (Å²) in [7, 11) is -0.987. The van der Waals surface area contributed by atoms with E-state index in [9.17, 15) is 8.42 Å². The molecule has 5 heteroatoms. The van der Waals surface area contributed by atoms with Gasteiger partial charge in [0.1, 0.15) is 9.84 Å². The van der Waals surface area contributed by atoms with Gasteiger partial charge >= 0.3 is 0 Å². The lowest BCUT2D eigenvalue weighted by molar-refractivity contribution is 0.0701. The normalized spacial score (nSPS) is 33.4. The Kier molecular flexibility index (Phi) is 4.67. The molecule has 0 aromatic heterocycles. The van der Waals surface area contributed by atoms with E-state index < -0.39 is 9.84 Å². The highest BCUT2D eigenvalue weighted by Crippen LogP contribution is 2.32. The van der Waals surface area contributed by atoms with Crippen molar-refractivity contribution in [2.24, 2.45) is 5.92 Å². The number of rotatable bonds is 4. The summed E-state index contributed by atoms with van der Waals surface area (Å²) in [6, 6.07) is 0. The van der Waals surface area contributed by atoms with Crippen molar-refractivity contribution >= 4 is 9.84 Å². The van der Waals surface area contributed by atoms with Gasteiger partial charge in [-0.2, -0.15) is 0 Å². The largest absolute Gasteiger partial charge is 0.383 e. The van der Waals surface area contributed by atoms with Gasteiger partial charge in [-0.15, -0.1) is 0 Å². The summed E-state index contributed by atoms with van der Waals surface area (Å²) in [4.78, 5) is 0. The van der Waals surface area contributed by atoms with Gasteiger partial charge < -0.3 is 10.1 Å². The number of hydrogen-bond donors (Lipinski definition) is 1. The number of piperidine rings is 1. The highest BCUT2D eigenvalue weighted by molar-refractivity contribution is 7.91. The molecule has 2 saturated heterocycles. The Bertz CT molecular complexity index is 341. The van der Waals surface area contributed by atoms with Crippen molar-refractivity contribution in [3.63, 3.8) is 0 Å². The molecule has 0 radical (unpaired) electrons. The molecule has 4 nitrogen and oxygen atoms in total. The van der Waals surface area contributed by atoms with Gasteiger partial charge in [0, 0.05) is 12.6 Å². The molecule has 0 spiro atoms. The second kappa shape index (κ2) is 5.88. The van der Waals surface area contributed by atoms with E-state index in [-0.39, 0.29) is 5.54 Å². The van der Waals surface area contributed by atoms with E-state index in [2.05, 4.69) is 5.32 Å². The molecule has 0 amide bonds. The second-order valence-corrected chi connectivity index (χ2v) is 8.20. The van der Waals surface area contributed by atoms with E-state index >= 15 is 0 Å². The molecule has 0 aromatic carbocycles. The van der Waals surface area contributed by atoms with Crippen LogP contribution in [-0.2, 0) is 14.6 Å². The average molecular weight is 275 g/mol. The van der Waals surface area contributed by atoms with Crippen LogP contribution < -0.4 is 5.32 Å². The minimum Gasteiger partial charge on any atom is -0.383 e. The van der Waals surface area contributed by atoms with Crippen LogP contribution in [0.1, 0.15) is 38.5 Å². The Balaban J connectivity index is 1.93. The van der Waals surface area contributed by atoms with Crippen molar-refractivity contribution in [1.29, 1.82) is 0 Å². The van der Waals surface area contributed by atoms with Crippen LogP contribution in [0.3, 0.4) is 0 Å². The quantitative estimate of drug-likeness (QED) is 0.842. The topological polar surface area (TPSA) is 55.4 Å². The zero-order valence-corrected chi connectivity index (χ0v) is 12.1. The molecular formula is C13H25NO3S. The molecular weight excluding hydrogens is 250 g/mol. The fourth-order valence-corrected chi connectivity index (χ4v) is 4.95. The summed E-state index contributed by atoms with van der Waals surface area (Å²) in [6.07, 6.45) is 6.37. The molecule has 106 valence electrons. The SMILES string of the molecule is COCC1(CC2CCS(=O)(=O)CC2)CCCCN1. The fraction of sp³-hybridized carbons (Fsp3) is 1.00. The van der Waals surface area contributed by atoms with Gasteiger partial charge in [0.25, 0.3) is 0 Å². The third kappa shape index (κ3) is 3.68. The van der Waals surface area contributed by atoms with Crippen molar-refractivity contribution in [3.8, 4) is 0 Å². The van der Waals surface area contributed by atoms with Gasteiger partial charge in [0.15, 0.2) is 0 Å². The Hall–Kier alpha value is -0.130. The molecule has 0 bridgehead atoms. The third-order valence-corrected chi connectivity index (χ3v) is 6.07. The molecule has 2 rings (SSSR count). The molecule has 1 atom stereocenters. The number of sulfone groups is 1. The Morgan fingerprint density at radius 3 is 2.56 bits per heavy atom. The van der Waals surface area contributed by atoms with Crippen LogP contribution in [0.5, 0.6) is 0 Å². The second-order valence-electron chi connectivity index (χ2n) is 5.90. The number of ether oxygens (including phenoxy) is 1. The highest BCUT2D eigenvalue weighted by atomic mass is 32.2. The monoisotopic (exact) mass is 275 g/mol. The Morgan fingerprint density at radius 2 is 2.00 bits per heavy atom. The molecule has 0 aliphatic carbocycles. The maximum atomic E-state index is 11.5. The summed E-state index contributed by atoms with van der Waals surface area (Å²) in [5.74, 6) is 1.29. The standard InChI is InChI=1S/C13H25NO3S/c1-17-11-13(6-2-3-7-14-13)10-12-4-8-18(15,16)9-5-12/h12,14H,2-11H2,1H3. The van der Waals surface area contributed by atoms with Crippen LogP contribution in [0.15, 0.2) is 0 Å². The number of hydrogen-bond acceptors (Lipinski definition) is 4. The van der Waals surface area contributed by atoms with E-state index in [4.69, 9.17) is 4.74 Å². The lowest BCUT2D eigenvalue weighted by atomic mass is 9.79. The summed E-state index contributed by atoms with van der Waals surface area (Å²) < 4.78 is 28.3. The molecule has 2 aliphatic heterocycles. The first-order valence-corrected chi connectivity index (χ1v) is 8.82. The lowest BCUT2D eigenvalue weighted by Crippen LogP contribution is -2.53. The molecule has 1 N–H and O–H groups in total. The van der Waals surface area contributed by atoms with E-state index in [1.807, 2.05) is 0 Å². The van der Waals surface area contributed by atoms with Gasteiger partial charge in [0.2, 0.25) is 0 Å². The summed E-state index contributed by atoms with van der Waals surface area (Å²) in [5.41, 5.74) is 0.0960. The molecule has 2 aliphatic rings. The smallest absolute Gasteiger partial charge is 0.150 e. The van der Waals surface area contributed by atoms with Crippen molar-refractivity contribution in [3.05, 3.63) is 0 Å². The van der Waals surface area contributed by atoms with Crippen LogP contribution in [0.2, 0.25) is 0 Å². The van der Waals surface area contributed by atoms with E-state index in [0.717, 1.165) is 38.8 Å². The zero-order valence-electron chi connectivity index (χ0n) is 11.3. The maximum absolute atomic E-state index is 11.5. The molecule has 2 heterocycles. The van der Waals surface area contributed by atoms with E-state index in [1.54, 1.807) is 7.11 Å². The van der Waals surface area contributed by atoms with Crippen LogP contribution >= 0.6 is 0 Å². The van der Waals surface area contributed by atoms with E-state index in [1.165, 1.54) is 12.8 Å². The van der Waals surface area contributed by atoms with Crippen LogP contribution in [-0.4, -0.2) is 45.7 Å². The summed E-state index contributed by atoms with van der Waals surface area (Å²) in [5, 5.41) is 3.63. The third-order valence-electron chi connectivity index (χ3n) is 4.36. The Labute approximate surface area is 110 Å². The van der Waals surface area contributed by atoms with Gasteiger partial charge in [-0.25, -0.2) is 8.42 Å². The molecule has 1 unspecified atom stereocenters. The first kappa shape index (κ1) is 14.3. The van der Waals surface area contributed by atoms with Gasteiger partial charge in [0.05, 0.1) is 18.1 Å². The minimum absolute atomic E-state index is 0.0960. The zero-order chi connectivity index (χ0) is 13.1. The van der Waals surface area contributed by atoms with Crippen LogP contribution in [0, 0.1) is 5.92 Å². The maximum Gasteiger partial charge on any atom is 0.150 e. The van der Waals surface area contributed by atoms with Gasteiger partial charge in [-0.1, -0.05) is 6.42 Å². The van der Waals surface area contributed by atoms with Crippen molar-refractivity contribution in [1.82, 2.24) is 5.32 Å². The minimum atomic E-state index is -2.74. The van der Waals surface area contributed by atoms with Crippen LogP contribution in [0.4, 0.5) is 0 Å².